The van der Waals surface area contributed by atoms with Crippen molar-refractivity contribution in [2.45, 2.75) is 59.8 Å². The Bertz CT molecular complexity index is 116. The summed E-state index contributed by atoms with van der Waals surface area (Å²) in [5.74, 6) is 0.929. The molecule has 0 atom stereocenters. The molecule has 0 aromatic rings. The molecule has 0 nitrogen and oxygen atoms in total. The minimum absolute atomic E-state index is 0.929. The maximum Gasteiger partial charge on any atom is -0.0206 e. The second kappa shape index (κ2) is 7.39. The lowest BCUT2D eigenvalue weighted by Crippen LogP contribution is -2.06. The fraction of sp³-hybridized carbons (Fsp3) is 0.833. The van der Waals surface area contributed by atoms with Crippen molar-refractivity contribution in [2.75, 3.05) is 0 Å². The van der Waals surface area contributed by atoms with Crippen LogP contribution in [0.1, 0.15) is 59.8 Å². The van der Waals surface area contributed by atoms with Crippen molar-refractivity contribution >= 4 is 0 Å². The molecule has 0 N–H and O–H groups in total. The van der Waals surface area contributed by atoms with E-state index < -0.39 is 0 Å². The van der Waals surface area contributed by atoms with E-state index >= 15 is 0 Å². The maximum atomic E-state index is 2.27. The summed E-state index contributed by atoms with van der Waals surface area (Å²) in [6.07, 6.45) is 9.53. The van der Waals surface area contributed by atoms with Gasteiger partial charge >= 0.3 is 0 Å². The van der Waals surface area contributed by atoms with Crippen molar-refractivity contribution in [3.05, 3.63) is 11.6 Å². The summed E-state index contributed by atoms with van der Waals surface area (Å²) in [4.78, 5) is 0. The van der Waals surface area contributed by atoms with Crippen molar-refractivity contribution in [3.63, 3.8) is 0 Å². The van der Waals surface area contributed by atoms with Gasteiger partial charge in [0.1, 0.15) is 0 Å². The first-order valence-electron chi connectivity index (χ1n) is 5.47. The highest BCUT2D eigenvalue weighted by Gasteiger charge is 2.13. The fourth-order valence-corrected chi connectivity index (χ4v) is 1.79. The SMILES string of the molecule is C/C=C(/C)C1CCCCC1.CC. The molecule has 0 aliphatic heterocycles. The molecule has 0 heteroatoms. The van der Waals surface area contributed by atoms with Crippen LogP contribution in [0.4, 0.5) is 0 Å². The number of rotatable bonds is 1. The number of allylic oxidation sites excluding steroid dienone is 2. The molecule has 1 saturated carbocycles. The minimum atomic E-state index is 0.929. The molecule has 0 aromatic carbocycles. The molecule has 0 aromatic heterocycles. The number of hydrogen-bond acceptors (Lipinski definition) is 0. The molecule has 72 valence electrons. The van der Waals surface area contributed by atoms with Crippen LogP contribution in [0.3, 0.4) is 0 Å². The second-order valence-electron chi connectivity index (χ2n) is 3.37. The lowest BCUT2D eigenvalue weighted by Gasteiger charge is -2.21. The summed E-state index contributed by atoms with van der Waals surface area (Å²) in [5.41, 5.74) is 1.61. The van der Waals surface area contributed by atoms with Crippen LogP contribution in [-0.2, 0) is 0 Å². The van der Waals surface area contributed by atoms with Gasteiger partial charge in [0.25, 0.3) is 0 Å². The van der Waals surface area contributed by atoms with E-state index in [1.54, 1.807) is 5.57 Å². The van der Waals surface area contributed by atoms with E-state index in [1.807, 2.05) is 13.8 Å². The van der Waals surface area contributed by atoms with Gasteiger partial charge in [0.15, 0.2) is 0 Å². The van der Waals surface area contributed by atoms with Gasteiger partial charge in [0, 0.05) is 0 Å². The Morgan fingerprint density at radius 1 is 1.08 bits per heavy atom. The molecule has 1 aliphatic rings. The van der Waals surface area contributed by atoms with Crippen LogP contribution in [0.25, 0.3) is 0 Å². The van der Waals surface area contributed by atoms with Gasteiger partial charge in [-0.2, -0.15) is 0 Å². The molecule has 1 aliphatic carbocycles. The van der Waals surface area contributed by atoms with E-state index in [1.165, 1.54) is 32.1 Å². The molecule has 0 unspecified atom stereocenters. The van der Waals surface area contributed by atoms with E-state index in [0.29, 0.717) is 0 Å². The smallest absolute Gasteiger partial charge is 0.0206 e. The van der Waals surface area contributed by atoms with Gasteiger partial charge in [-0.3, -0.25) is 0 Å². The molecule has 0 saturated heterocycles. The molecule has 1 rings (SSSR count). The van der Waals surface area contributed by atoms with Gasteiger partial charge in [-0.25, -0.2) is 0 Å². The predicted octanol–water partition coefficient (Wildman–Crippen LogP) is 4.56. The number of hydrogen-bond donors (Lipinski definition) is 0. The molecule has 0 radical (unpaired) electrons. The van der Waals surface area contributed by atoms with Gasteiger partial charge in [0.05, 0.1) is 0 Å². The zero-order valence-electron chi connectivity index (χ0n) is 9.19. The van der Waals surface area contributed by atoms with Crippen molar-refractivity contribution in [2.24, 2.45) is 5.92 Å². The van der Waals surface area contributed by atoms with Crippen LogP contribution in [-0.4, -0.2) is 0 Å². The van der Waals surface area contributed by atoms with E-state index in [4.69, 9.17) is 0 Å². The van der Waals surface area contributed by atoms with E-state index in [0.717, 1.165) is 5.92 Å². The summed E-state index contributed by atoms with van der Waals surface area (Å²) in [6.45, 7) is 8.43. The van der Waals surface area contributed by atoms with Gasteiger partial charge in [0.2, 0.25) is 0 Å². The first-order valence-corrected chi connectivity index (χ1v) is 5.47. The highest BCUT2D eigenvalue weighted by atomic mass is 14.2. The molecule has 0 heterocycles. The zero-order chi connectivity index (χ0) is 9.40. The molecular formula is C12H24. The van der Waals surface area contributed by atoms with Crippen molar-refractivity contribution < 1.29 is 0 Å². The summed E-state index contributed by atoms with van der Waals surface area (Å²) in [6, 6.07) is 0. The summed E-state index contributed by atoms with van der Waals surface area (Å²) >= 11 is 0. The first-order chi connectivity index (χ1) is 5.84. The van der Waals surface area contributed by atoms with E-state index in [2.05, 4.69) is 19.9 Å². The molecule has 0 bridgehead atoms. The summed E-state index contributed by atoms with van der Waals surface area (Å²) < 4.78 is 0. The second-order valence-corrected chi connectivity index (χ2v) is 3.37. The van der Waals surface area contributed by atoms with Crippen LogP contribution in [0.2, 0.25) is 0 Å². The minimum Gasteiger partial charge on any atom is -0.0885 e. The quantitative estimate of drug-likeness (QED) is 0.503. The maximum absolute atomic E-state index is 2.27. The largest absolute Gasteiger partial charge is 0.0885 e. The normalized spacial score (nSPS) is 19.8. The Kier molecular flexibility index (Phi) is 7.23. The van der Waals surface area contributed by atoms with Gasteiger partial charge in [-0.1, -0.05) is 44.8 Å². The molecule has 12 heavy (non-hydrogen) atoms. The molecule has 0 spiro atoms. The average molecular weight is 168 g/mol. The van der Waals surface area contributed by atoms with Gasteiger partial charge < -0.3 is 0 Å². The third-order valence-electron chi connectivity index (χ3n) is 2.70. The monoisotopic (exact) mass is 168 g/mol. The zero-order valence-corrected chi connectivity index (χ0v) is 9.19. The van der Waals surface area contributed by atoms with E-state index in [9.17, 15) is 0 Å². The Morgan fingerprint density at radius 3 is 2.00 bits per heavy atom. The third-order valence-corrected chi connectivity index (χ3v) is 2.70. The van der Waals surface area contributed by atoms with Crippen LogP contribution < -0.4 is 0 Å². The average Bonchev–Trinajstić information content (AvgIpc) is 2.21. The highest BCUT2D eigenvalue weighted by Crippen LogP contribution is 2.28. The van der Waals surface area contributed by atoms with E-state index in [-0.39, 0.29) is 0 Å². The molecule has 0 amide bonds. The van der Waals surface area contributed by atoms with Crippen LogP contribution in [0.5, 0.6) is 0 Å². The Balaban J connectivity index is 0.000000561. The van der Waals surface area contributed by atoms with Crippen molar-refractivity contribution in [1.82, 2.24) is 0 Å². The molecular weight excluding hydrogens is 144 g/mol. The first kappa shape index (κ1) is 11.7. The predicted molar refractivity (Wildman–Crippen MR) is 57.4 cm³/mol. The fourth-order valence-electron chi connectivity index (χ4n) is 1.79. The standard InChI is InChI=1S/C10H18.C2H6/c1-3-9(2)10-7-5-4-6-8-10;1-2/h3,10H,4-8H2,1-2H3;1-2H3/b9-3-;. The van der Waals surface area contributed by atoms with Crippen molar-refractivity contribution in [3.8, 4) is 0 Å². The summed E-state index contributed by atoms with van der Waals surface area (Å²) in [7, 11) is 0. The van der Waals surface area contributed by atoms with Gasteiger partial charge in [-0.05, 0) is 32.6 Å². The third kappa shape index (κ3) is 3.94. The Hall–Kier alpha value is -0.260. The lowest BCUT2D eigenvalue weighted by molar-refractivity contribution is 0.402. The van der Waals surface area contributed by atoms with Gasteiger partial charge in [-0.15, -0.1) is 0 Å². The van der Waals surface area contributed by atoms with Crippen LogP contribution >= 0.6 is 0 Å². The van der Waals surface area contributed by atoms with Crippen LogP contribution in [0, 0.1) is 5.92 Å². The van der Waals surface area contributed by atoms with Crippen LogP contribution in [0.15, 0.2) is 11.6 Å². The molecule has 1 fully saturated rings. The lowest BCUT2D eigenvalue weighted by atomic mass is 9.84. The summed E-state index contributed by atoms with van der Waals surface area (Å²) in [5, 5.41) is 0. The topological polar surface area (TPSA) is 0 Å². The Labute approximate surface area is 78.1 Å². The van der Waals surface area contributed by atoms with Crippen molar-refractivity contribution in [1.29, 1.82) is 0 Å². The Morgan fingerprint density at radius 2 is 1.58 bits per heavy atom. The highest BCUT2D eigenvalue weighted by molar-refractivity contribution is 5.02.